The maximum atomic E-state index is 11.0. The van der Waals surface area contributed by atoms with Crippen molar-refractivity contribution in [2.45, 2.75) is 45.0 Å². The number of hydrogen-bond acceptors (Lipinski definition) is 1. The first-order chi connectivity index (χ1) is 5.31. The lowest BCUT2D eigenvalue weighted by Gasteiger charge is -2.15. The fourth-order valence-electron chi connectivity index (χ4n) is 2.11. The first-order valence-electron chi connectivity index (χ1n) is 4.62. The Morgan fingerprint density at radius 1 is 1.55 bits per heavy atom. The first-order valence-corrected chi connectivity index (χ1v) is 4.62. The van der Waals surface area contributed by atoms with E-state index < -0.39 is 6.29 Å². The Balaban J connectivity index is 1.77. The smallest absolute Gasteiger partial charge is 0.191 e. The minimum absolute atomic E-state index is 0.322. The van der Waals surface area contributed by atoms with E-state index in [9.17, 15) is 5.11 Å². The van der Waals surface area contributed by atoms with Crippen LogP contribution in [0.5, 0.6) is 0 Å². The third-order valence-corrected chi connectivity index (χ3v) is 2.94. The van der Waals surface area contributed by atoms with Gasteiger partial charge in [0.05, 0.1) is 6.10 Å². The molecule has 1 radical (unpaired) electrons. The van der Waals surface area contributed by atoms with Crippen molar-refractivity contribution in [2.75, 3.05) is 0 Å². The maximum absolute atomic E-state index is 11.0. The molecule has 0 aromatic carbocycles. The van der Waals surface area contributed by atoms with Crippen molar-refractivity contribution in [1.29, 1.82) is 0 Å². The Morgan fingerprint density at radius 3 is 2.82 bits per heavy atom. The Morgan fingerprint density at radius 2 is 2.36 bits per heavy atom. The molecule has 2 aliphatic rings. The molecule has 2 rings (SSSR count). The fraction of sp³-hybridized carbons (Fsp3) is 1.00. The second-order valence-corrected chi connectivity index (χ2v) is 3.75. The molecule has 0 aromatic rings. The SMILES string of the molecule is CCC([O])OC1CCC2CC21. The van der Waals surface area contributed by atoms with Crippen LogP contribution in [0.15, 0.2) is 0 Å². The molecule has 11 heavy (non-hydrogen) atoms. The zero-order valence-electron chi connectivity index (χ0n) is 6.95. The van der Waals surface area contributed by atoms with E-state index in [0.29, 0.717) is 12.5 Å². The van der Waals surface area contributed by atoms with Crippen LogP contribution in [0.4, 0.5) is 0 Å². The van der Waals surface area contributed by atoms with Crippen LogP contribution in [-0.4, -0.2) is 12.4 Å². The molecule has 0 aliphatic heterocycles. The van der Waals surface area contributed by atoms with Crippen LogP contribution in [0.25, 0.3) is 0 Å². The van der Waals surface area contributed by atoms with E-state index in [1.807, 2.05) is 6.92 Å². The molecular formula is C9H15O2. The third kappa shape index (κ3) is 1.42. The molecule has 0 aromatic heterocycles. The molecular weight excluding hydrogens is 140 g/mol. The summed E-state index contributed by atoms with van der Waals surface area (Å²) in [6.07, 6.45) is 3.91. The topological polar surface area (TPSA) is 29.1 Å². The zero-order valence-corrected chi connectivity index (χ0v) is 6.95. The van der Waals surface area contributed by atoms with Gasteiger partial charge in [-0.1, -0.05) is 6.92 Å². The summed E-state index contributed by atoms with van der Waals surface area (Å²) in [4.78, 5) is 0. The number of rotatable bonds is 3. The van der Waals surface area contributed by atoms with E-state index in [-0.39, 0.29) is 0 Å². The minimum atomic E-state index is -0.764. The first kappa shape index (κ1) is 7.56. The van der Waals surface area contributed by atoms with Gasteiger partial charge in [-0.25, -0.2) is 5.11 Å². The molecule has 0 N–H and O–H groups in total. The molecule has 63 valence electrons. The lowest BCUT2D eigenvalue weighted by molar-refractivity contribution is -0.173. The van der Waals surface area contributed by atoms with Gasteiger partial charge >= 0.3 is 0 Å². The van der Waals surface area contributed by atoms with E-state index >= 15 is 0 Å². The highest BCUT2D eigenvalue weighted by molar-refractivity contribution is 4.98. The normalized spacial score (nSPS) is 43.6. The van der Waals surface area contributed by atoms with E-state index in [2.05, 4.69) is 0 Å². The summed E-state index contributed by atoms with van der Waals surface area (Å²) >= 11 is 0. The second kappa shape index (κ2) is 2.76. The molecule has 2 fully saturated rings. The van der Waals surface area contributed by atoms with Crippen molar-refractivity contribution in [3.8, 4) is 0 Å². The Bertz CT molecular complexity index is 146. The van der Waals surface area contributed by atoms with Crippen molar-refractivity contribution in [1.82, 2.24) is 0 Å². The summed E-state index contributed by atoms with van der Waals surface area (Å²) in [5.41, 5.74) is 0. The van der Waals surface area contributed by atoms with Gasteiger partial charge in [0, 0.05) is 0 Å². The van der Waals surface area contributed by atoms with Crippen molar-refractivity contribution in [3.05, 3.63) is 0 Å². The number of fused-ring (bicyclic) bond motifs is 1. The van der Waals surface area contributed by atoms with Crippen molar-refractivity contribution < 1.29 is 9.84 Å². The molecule has 0 saturated heterocycles. The van der Waals surface area contributed by atoms with Crippen LogP contribution in [0.2, 0.25) is 0 Å². The monoisotopic (exact) mass is 155 g/mol. The summed E-state index contributed by atoms with van der Waals surface area (Å²) in [6, 6.07) is 0. The van der Waals surface area contributed by atoms with Crippen LogP contribution in [0.1, 0.15) is 32.6 Å². The average molecular weight is 155 g/mol. The van der Waals surface area contributed by atoms with E-state index in [4.69, 9.17) is 4.74 Å². The van der Waals surface area contributed by atoms with Gasteiger partial charge in [-0.3, -0.25) is 0 Å². The largest absolute Gasteiger partial charge is 0.346 e. The van der Waals surface area contributed by atoms with Gasteiger partial charge in [-0.05, 0) is 37.5 Å². The van der Waals surface area contributed by atoms with Gasteiger partial charge in [-0.15, -0.1) is 0 Å². The number of ether oxygens (including phenoxy) is 1. The van der Waals surface area contributed by atoms with Crippen molar-refractivity contribution in [2.24, 2.45) is 11.8 Å². The summed E-state index contributed by atoms with van der Waals surface area (Å²) < 4.78 is 5.36. The molecule has 2 saturated carbocycles. The highest BCUT2D eigenvalue weighted by Gasteiger charge is 2.49. The van der Waals surface area contributed by atoms with Crippen LogP contribution < -0.4 is 0 Å². The van der Waals surface area contributed by atoms with Crippen LogP contribution in [-0.2, 0) is 9.84 Å². The summed E-state index contributed by atoms with van der Waals surface area (Å²) in [5, 5.41) is 11.0. The lowest BCUT2D eigenvalue weighted by Crippen LogP contribution is -2.20. The Labute approximate surface area is 67.6 Å². The summed E-state index contributed by atoms with van der Waals surface area (Å²) in [5.74, 6) is 1.68. The summed E-state index contributed by atoms with van der Waals surface area (Å²) in [6.45, 7) is 1.89. The molecule has 4 atom stereocenters. The highest BCUT2D eigenvalue weighted by Crippen LogP contribution is 2.53. The minimum Gasteiger partial charge on any atom is -0.346 e. The van der Waals surface area contributed by atoms with Gasteiger partial charge in [0.25, 0.3) is 0 Å². The molecule has 0 spiro atoms. The standard InChI is InChI=1S/C9H15O2/c1-2-9(10)11-8-4-3-6-5-7(6)8/h6-9H,2-5H2,1H3. The number of hydrogen-bond donors (Lipinski definition) is 0. The quantitative estimate of drug-likeness (QED) is 0.573. The highest BCUT2D eigenvalue weighted by atomic mass is 16.6. The van der Waals surface area contributed by atoms with E-state index in [1.165, 1.54) is 12.8 Å². The van der Waals surface area contributed by atoms with Crippen LogP contribution in [0, 0.1) is 11.8 Å². The zero-order chi connectivity index (χ0) is 7.84. The van der Waals surface area contributed by atoms with Crippen molar-refractivity contribution >= 4 is 0 Å². The fourth-order valence-corrected chi connectivity index (χ4v) is 2.11. The predicted octanol–water partition coefficient (Wildman–Crippen LogP) is 1.97. The molecule has 2 heteroatoms. The second-order valence-electron chi connectivity index (χ2n) is 3.75. The van der Waals surface area contributed by atoms with Crippen LogP contribution >= 0.6 is 0 Å². The summed E-state index contributed by atoms with van der Waals surface area (Å²) in [7, 11) is 0. The van der Waals surface area contributed by atoms with Gasteiger partial charge in [0.15, 0.2) is 6.29 Å². The van der Waals surface area contributed by atoms with E-state index in [1.54, 1.807) is 0 Å². The maximum Gasteiger partial charge on any atom is 0.191 e. The molecule has 4 unspecified atom stereocenters. The van der Waals surface area contributed by atoms with Gasteiger partial charge in [0.2, 0.25) is 0 Å². The molecule has 2 nitrogen and oxygen atoms in total. The van der Waals surface area contributed by atoms with E-state index in [0.717, 1.165) is 18.3 Å². The Hall–Kier alpha value is -0.0800. The van der Waals surface area contributed by atoms with Crippen LogP contribution in [0.3, 0.4) is 0 Å². The Kier molecular flexibility index (Phi) is 1.90. The third-order valence-electron chi connectivity index (χ3n) is 2.94. The van der Waals surface area contributed by atoms with Crippen molar-refractivity contribution in [3.63, 3.8) is 0 Å². The van der Waals surface area contributed by atoms with Gasteiger partial charge in [-0.2, -0.15) is 0 Å². The average Bonchev–Trinajstić information content (AvgIpc) is 2.70. The molecule has 2 aliphatic carbocycles. The van der Waals surface area contributed by atoms with Gasteiger partial charge < -0.3 is 4.74 Å². The molecule has 0 heterocycles. The molecule has 0 amide bonds. The lowest BCUT2D eigenvalue weighted by atomic mass is 10.2. The predicted molar refractivity (Wildman–Crippen MR) is 40.5 cm³/mol. The van der Waals surface area contributed by atoms with Gasteiger partial charge in [0.1, 0.15) is 0 Å². The molecule has 0 bridgehead atoms.